The maximum atomic E-state index is 6.16. The Morgan fingerprint density at radius 2 is 2.00 bits per heavy atom. The first-order valence-electron chi connectivity index (χ1n) is 11.6. The molecule has 3 aromatic rings. The first kappa shape index (κ1) is 20.2. The number of nitrogens with one attached hydrogen (secondary N) is 1. The summed E-state index contributed by atoms with van der Waals surface area (Å²) in [4.78, 5) is 16.2. The van der Waals surface area contributed by atoms with Crippen molar-refractivity contribution in [3.8, 4) is 0 Å². The molecule has 6 heteroatoms. The van der Waals surface area contributed by atoms with Gasteiger partial charge in [-0.1, -0.05) is 25.5 Å². The van der Waals surface area contributed by atoms with Crippen LogP contribution in [0.2, 0.25) is 0 Å². The van der Waals surface area contributed by atoms with Gasteiger partial charge in [0.05, 0.1) is 0 Å². The SMILES string of the molecule is CCCc1cnc(N2CCC(Cc3nc4ccc(C5=CCNCC5)cc4o3)CC2)nc1. The van der Waals surface area contributed by atoms with Crippen LogP contribution in [0.4, 0.5) is 5.95 Å². The normalized spacial score (nSPS) is 17.8. The van der Waals surface area contributed by atoms with Crippen molar-refractivity contribution in [3.05, 3.63) is 53.7 Å². The number of fused-ring (bicyclic) bond motifs is 1. The van der Waals surface area contributed by atoms with E-state index in [2.05, 4.69) is 51.4 Å². The summed E-state index contributed by atoms with van der Waals surface area (Å²) >= 11 is 0. The molecule has 0 bridgehead atoms. The molecular formula is C25H31N5O. The van der Waals surface area contributed by atoms with Gasteiger partial charge in [-0.15, -0.1) is 0 Å². The lowest BCUT2D eigenvalue weighted by molar-refractivity contribution is 0.367. The molecule has 1 aromatic carbocycles. The summed E-state index contributed by atoms with van der Waals surface area (Å²) in [6.45, 7) is 6.15. The molecule has 0 amide bonds. The molecule has 1 saturated heterocycles. The molecule has 6 nitrogen and oxygen atoms in total. The van der Waals surface area contributed by atoms with Crippen LogP contribution >= 0.6 is 0 Å². The van der Waals surface area contributed by atoms with Gasteiger partial charge in [0, 0.05) is 38.4 Å². The maximum absolute atomic E-state index is 6.16. The number of oxazole rings is 1. The smallest absolute Gasteiger partial charge is 0.225 e. The molecule has 1 N–H and O–H groups in total. The number of hydrogen-bond donors (Lipinski definition) is 1. The van der Waals surface area contributed by atoms with Crippen LogP contribution in [-0.2, 0) is 12.8 Å². The molecular weight excluding hydrogens is 386 g/mol. The van der Waals surface area contributed by atoms with Crippen LogP contribution in [0.5, 0.6) is 0 Å². The third kappa shape index (κ3) is 4.64. The molecule has 0 radical (unpaired) electrons. The molecule has 162 valence electrons. The number of aryl methyl sites for hydroxylation is 1. The summed E-state index contributed by atoms with van der Waals surface area (Å²) in [5, 5.41) is 3.37. The van der Waals surface area contributed by atoms with Crippen molar-refractivity contribution in [3.63, 3.8) is 0 Å². The summed E-state index contributed by atoms with van der Waals surface area (Å²) in [6, 6.07) is 6.43. The lowest BCUT2D eigenvalue weighted by Gasteiger charge is -2.31. The third-order valence-electron chi connectivity index (χ3n) is 6.46. The van der Waals surface area contributed by atoms with Crippen molar-refractivity contribution < 1.29 is 4.42 Å². The molecule has 5 rings (SSSR count). The van der Waals surface area contributed by atoms with E-state index in [0.717, 1.165) is 87.6 Å². The Kier molecular flexibility index (Phi) is 5.98. The first-order chi connectivity index (χ1) is 15.3. The van der Waals surface area contributed by atoms with Crippen LogP contribution in [0.3, 0.4) is 0 Å². The topological polar surface area (TPSA) is 67.1 Å². The molecule has 0 aliphatic carbocycles. The maximum Gasteiger partial charge on any atom is 0.225 e. The van der Waals surface area contributed by atoms with Gasteiger partial charge in [-0.2, -0.15) is 0 Å². The summed E-state index contributed by atoms with van der Waals surface area (Å²) in [7, 11) is 0. The van der Waals surface area contributed by atoms with E-state index in [9.17, 15) is 0 Å². The van der Waals surface area contributed by atoms with E-state index in [0.29, 0.717) is 5.92 Å². The van der Waals surface area contributed by atoms with Crippen LogP contribution in [0.1, 0.15) is 49.6 Å². The van der Waals surface area contributed by atoms with Crippen LogP contribution in [-0.4, -0.2) is 41.1 Å². The average molecular weight is 418 g/mol. The summed E-state index contributed by atoms with van der Waals surface area (Å²) in [6.07, 6.45) is 12.6. The Labute approximate surface area is 183 Å². The van der Waals surface area contributed by atoms with Gasteiger partial charge in [0.15, 0.2) is 11.5 Å². The predicted molar refractivity (Wildman–Crippen MR) is 124 cm³/mol. The van der Waals surface area contributed by atoms with Crippen molar-refractivity contribution in [2.75, 3.05) is 31.1 Å². The number of piperidine rings is 1. The molecule has 4 heterocycles. The Morgan fingerprint density at radius 1 is 1.16 bits per heavy atom. The van der Waals surface area contributed by atoms with E-state index >= 15 is 0 Å². The summed E-state index contributed by atoms with van der Waals surface area (Å²) < 4.78 is 6.16. The standard InChI is InChI=1S/C25H31N5O/c1-2-3-19-16-27-25(28-17-19)30-12-8-18(9-13-30)14-24-29-22-5-4-21(15-23(22)31-24)20-6-10-26-11-7-20/h4-6,15-18,26H,2-3,7-14H2,1H3. The minimum atomic E-state index is 0.593. The fourth-order valence-electron chi connectivity index (χ4n) is 4.66. The van der Waals surface area contributed by atoms with Gasteiger partial charge in [-0.3, -0.25) is 0 Å². The number of benzene rings is 1. The zero-order valence-corrected chi connectivity index (χ0v) is 18.3. The van der Waals surface area contributed by atoms with E-state index in [-0.39, 0.29) is 0 Å². The number of anilines is 1. The summed E-state index contributed by atoms with van der Waals surface area (Å²) in [5.74, 6) is 2.32. The third-order valence-corrected chi connectivity index (χ3v) is 6.46. The highest BCUT2D eigenvalue weighted by Gasteiger charge is 2.23. The van der Waals surface area contributed by atoms with E-state index in [1.165, 1.54) is 16.7 Å². The van der Waals surface area contributed by atoms with Crippen molar-refractivity contribution >= 4 is 22.6 Å². The second-order valence-electron chi connectivity index (χ2n) is 8.75. The van der Waals surface area contributed by atoms with E-state index in [1.807, 2.05) is 12.4 Å². The number of hydrogen-bond acceptors (Lipinski definition) is 6. The quantitative estimate of drug-likeness (QED) is 0.641. The Morgan fingerprint density at radius 3 is 2.74 bits per heavy atom. The van der Waals surface area contributed by atoms with Crippen molar-refractivity contribution in [2.45, 2.75) is 45.4 Å². The van der Waals surface area contributed by atoms with Gasteiger partial charge in [-0.25, -0.2) is 15.0 Å². The molecule has 2 aliphatic heterocycles. The van der Waals surface area contributed by atoms with Gasteiger partial charge in [0.25, 0.3) is 0 Å². The van der Waals surface area contributed by atoms with Crippen molar-refractivity contribution in [2.24, 2.45) is 5.92 Å². The van der Waals surface area contributed by atoms with Gasteiger partial charge in [-0.05, 0) is 67.0 Å². The van der Waals surface area contributed by atoms with Gasteiger partial charge >= 0.3 is 0 Å². The van der Waals surface area contributed by atoms with E-state index < -0.39 is 0 Å². The van der Waals surface area contributed by atoms with Crippen LogP contribution in [0.15, 0.2) is 41.1 Å². The molecule has 2 aromatic heterocycles. The fourth-order valence-corrected chi connectivity index (χ4v) is 4.66. The largest absolute Gasteiger partial charge is 0.441 e. The summed E-state index contributed by atoms with van der Waals surface area (Å²) in [5.41, 5.74) is 5.75. The van der Waals surface area contributed by atoms with Crippen molar-refractivity contribution in [1.29, 1.82) is 0 Å². The molecule has 0 atom stereocenters. The fraction of sp³-hybridized carbons (Fsp3) is 0.480. The second-order valence-corrected chi connectivity index (χ2v) is 8.75. The number of rotatable bonds is 6. The van der Waals surface area contributed by atoms with Gasteiger partial charge in [0.2, 0.25) is 5.95 Å². The van der Waals surface area contributed by atoms with Gasteiger partial charge in [0.1, 0.15) is 5.52 Å². The highest BCUT2D eigenvalue weighted by molar-refractivity contribution is 5.79. The zero-order chi connectivity index (χ0) is 21.0. The number of nitrogens with zero attached hydrogens (tertiary/aromatic N) is 4. The van der Waals surface area contributed by atoms with Crippen molar-refractivity contribution in [1.82, 2.24) is 20.3 Å². The minimum absolute atomic E-state index is 0.593. The van der Waals surface area contributed by atoms with Crippen LogP contribution < -0.4 is 10.2 Å². The molecule has 1 fully saturated rings. The monoisotopic (exact) mass is 417 g/mol. The first-order valence-corrected chi connectivity index (χ1v) is 11.6. The average Bonchev–Trinajstić information content (AvgIpc) is 3.22. The highest BCUT2D eigenvalue weighted by atomic mass is 16.3. The highest BCUT2D eigenvalue weighted by Crippen LogP contribution is 2.28. The van der Waals surface area contributed by atoms with Crippen LogP contribution in [0, 0.1) is 5.92 Å². The Balaban J connectivity index is 1.20. The minimum Gasteiger partial charge on any atom is -0.441 e. The van der Waals surface area contributed by atoms with E-state index in [1.54, 1.807) is 0 Å². The lowest BCUT2D eigenvalue weighted by Crippen LogP contribution is -2.35. The lowest BCUT2D eigenvalue weighted by atomic mass is 9.94. The van der Waals surface area contributed by atoms with E-state index in [4.69, 9.17) is 9.40 Å². The second kappa shape index (κ2) is 9.18. The Hall–Kier alpha value is -2.73. The molecule has 0 spiro atoms. The van der Waals surface area contributed by atoms with Gasteiger partial charge < -0.3 is 14.6 Å². The number of aromatic nitrogens is 3. The molecule has 0 saturated carbocycles. The zero-order valence-electron chi connectivity index (χ0n) is 18.3. The molecule has 2 aliphatic rings. The van der Waals surface area contributed by atoms with Crippen LogP contribution in [0.25, 0.3) is 16.7 Å². The Bertz CT molecular complexity index is 1050. The predicted octanol–water partition coefficient (Wildman–Crippen LogP) is 4.41. The molecule has 0 unspecified atom stereocenters. The molecule has 31 heavy (non-hydrogen) atoms.